The fraction of sp³-hybridized carbons (Fsp3) is 0.567. The highest BCUT2D eigenvalue weighted by Gasteiger charge is 2.24. The number of ketones is 1. The monoisotopic (exact) mass is 420 g/mol. The van der Waals surface area contributed by atoms with Gasteiger partial charge in [0.25, 0.3) is 0 Å². The highest BCUT2D eigenvalue weighted by molar-refractivity contribution is 5.98. The lowest BCUT2D eigenvalue weighted by Crippen LogP contribution is -2.19. The predicted molar refractivity (Wildman–Crippen MR) is 136 cm³/mol. The molecule has 0 heterocycles. The van der Waals surface area contributed by atoms with Gasteiger partial charge in [-0.2, -0.15) is 0 Å². The van der Waals surface area contributed by atoms with Gasteiger partial charge in [0.2, 0.25) is 0 Å². The minimum Gasteiger partial charge on any atom is -0.294 e. The summed E-state index contributed by atoms with van der Waals surface area (Å²) in [5.41, 5.74) is 7.07. The van der Waals surface area contributed by atoms with Crippen LogP contribution in [0.15, 0.2) is 36.4 Å². The third-order valence-corrected chi connectivity index (χ3v) is 6.08. The molecule has 0 unspecified atom stereocenters. The molecule has 2 aromatic carbocycles. The predicted octanol–water partition coefficient (Wildman–Crippen LogP) is 8.30. The summed E-state index contributed by atoms with van der Waals surface area (Å²) in [6, 6.07) is 13.3. The molecule has 2 rings (SSSR count). The highest BCUT2D eigenvalue weighted by Crippen LogP contribution is 2.33. The van der Waals surface area contributed by atoms with Crippen molar-refractivity contribution in [3.05, 3.63) is 69.8 Å². The molecule has 0 bridgehead atoms. The maximum absolute atomic E-state index is 13.5. The summed E-state index contributed by atoms with van der Waals surface area (Å²) in [5, 5.41) is 0. The molecule has 0 aliphatic rings. The van der Waals surface area contributed by atoms with Crippen LogP contribution in [0.5, 0.6) is 0 Å². The van der Waals surface area contributed by atoms with Crippen molar-refractivity contribution in [1.29, 1.82) is 0 Å². The van der Waals surface area contributed by atoms with Gasteiger partial charge in [-0.1, -0.05) is 107 Å². The van der Waals surface area contributed by atoms with Crippen molar-refractivity contribution in [2.24, 2.45) is 0 Å². The Bertz CT molecular complexity index is 883. The Labute approximate surface area is 191 Å². The lowest BCUT2D eigenvalue weighted by Gasteiger charge is -2.27. The molecule has 0 saturated carbocycles. The van der Waals surface area contributed by atoms with Crippen LogP contribution in [0.4, 0.5) is 0 Å². The number of hydrogen-bond donors (Lipinski definition) is 0. The molecule has 1 heteroatoms. The van der Waals surface area contributed by atoms with Crippen LogP contribution in [0, 0.1) is 0 Å². The van der Waals surface area contributed by atoms with E-state index in [1.807, 2.05) is 0 Å². The summed E-state index contributed by atoms with van der Waals surface area (Å²) in [4.78, 5) is 13.5. The third-order valence-electron chi connectivity index (χ3n) is 6.08. The van der Waals surface area contributed by atoms with Gasteiger partial charge in [-0.15, -0.1) is 0 Å². The Morgan fingerprint density at radius 1 is 0.516 bits per heavy atom. The molecule has 2 aromatic rings. The normalized spacial score (nSPS) is 13.4. The fourth-order valence-corrected chi connectivity index (χ4v) is 3.60. The number of benzene rings is 2. The standard InChI is InChI=1S/C30H44O/c1-27(2,3)22-13-20(14-23(18-22)28(4,5)6)15-26(31)21-16-24(29(7,8)9)19-25(17-21)30(10,11)12/h13-14,16-19H,15H2,1-12H3. The molecule has 31 heavy (non-hydrogen) atoms. The molecule has 0 aliphatic heterocycles. The van der Waals surface area contributed by atoms with Crippen molar-refractivity contribution < 1.29 is 4.79 Å². The SMILES string of the molecule is CC(C)(C)c1cc(CC(=O)c2cc(C(C)(C)C)cc(C(C)(C)C)c2)cc(C(C)(C)C)c1. The van der Waals surface area contributed by atoms with Crippen LogP contribution in [0.3, 0.4) is 0 Å². The van der Waals surface area contributed by atoms with Crippen molar-refractivity contribution in [2.45, 2.75) is 111 Å². The van der Waals surface area contributed by atoms with E-state index in [4.69, 9.17) is 0 Å². The van der Waals surface area contributed by atoms with Crippen LogP contribution in [0.25, 0.3) is 0 Å². The van der Waals surface area contributed by atoms with Gasteiger partial charge in [0.1, 0.15) is 0 Å². The second kappa shape index (κ2) is 8.23. The van der Waals surface area contributed by atoms with Gasteiger partial charge in [-0.05, 0) is 61.6 Å². The van der Waals surface area contributed by atoms with Crippen molar-refractivity contribution >= 4 is 5.78 Å². The molecule has 0 N–H and O–H groups in total. The average Bonchev–Trinajstić information content (AvgIpc) is 2.58. The van der Waals surface area contributed by atoms with Gasteiger partial charge < -0.3 is 0 Å². The number of Topliss-reactive ketones (excluding diaryl/α,β-unsaturated/α-hetero) is 1. The van der Waals surface area contributed by atoms with Crippen LogP contribution >= 0.6 is 0 Å². The Morgan fingerprint density at radius 3 is 1.10 bits per heavy atom. The quantitative estimate of drug-likeness (QED) is 0.456. The first-order chi connectivity index (χ1) is 13.8. The van der Waals surface area contributed by atoms with E-state index in [0.717, 1.165) is 11.1 Å². The summed E-state index contributed by atoms with van der Waals surface area (Å²) in [6.07, 6.45) is 0.435. The van der Waals surface area contributed by atoms with Gasteiger partial charge in [-0.3, -0.25) is 4.79 Å². The lowest BCUT2D eigenvalue weighted by atomic mass is 9.78. The molecule has 0 saturated heterocycles. The van der Waals surface area contributed by atoms with E-state index >= 15 is 0 Å². The second-order valence-corrected chi connectivity index (χ2v) is 13.3. The van der Waals surface area contributed by atoms with E-state index in [1.165, 1.54) is 22.3 Å². The van der Waals surface area contributed by atoms with Gasteiger partial charge in [0, 0.05) is 12.0 Å². The fourth-order valence-electron chi connectivity index (χ4n) is 3.60. The smallest absolute Gasteiger partial charge is 0.167 e. The average molecular weight is 421 g/mol. The number of rotatable bonds is 3. The summed E-state index contributed by atoms with van der Waals surface area (Å²) in [6.45, 7) is 26.7. The zero-order valence-electron chi connectivity index (χ0n) is 22.1. The van der Waals surface area contributed by atoms with E-state index < -0.39 is 0 Å². The summed E-state index contributed by atoms with van der Waals surface area (Å²) >= 11 is 0. The van der Waals surface area contributed by atoms with Crippen molar-refractivity contribution in [2.75, 3.05) is 0 Å². The van der Waals surface area contributed by atoms with E-state index in [-0.39, 0.29) is 27.4 Å². The van der Waals surface area contributed by atoms with Crippen molar-refractivity contribution in [3.63, 3.8) is 0 Å². The third kappa shape index (κ3) is 6.55. The molecule has 0 spiro atoms. The molecule has 0 aromatic heterocycles. The molecule has 0 atom stereocenters. The minimum atomic E-state index is 0.00183. The molecule has 1 nitrogen and oxygen atoms in total. The first-order valence-corrected chi connectivity index (χ1v) is 11.6. The van der Waals surface area contributed by atoms with E-state index in [0.29, 0.717) is 6.42 Å². The van der Waals surface area contributed by atoms with Crippen LogP contribution in [-0.4, -0.2) is 5.78 Å². The highest BCUT2D eigenvalue weighted by atomic mass is 16.1. The number of carbonyl (C=O) groups is 1. The summed E-state index contributed by atoms with van der Waals surface area (Å²) < 4.78 is 0. The second-order valence-electron chi connectivity index (χ2n) is 13.3. The largest absolute Gasteiger partial charge is 0.294 e. The minimum absolute atomic E-state index is 0.00183. The van der Waals surface area contributed by atoms with Crippen LogP contribution in [0.1, 0.15) is 121 Å². The summed E-state index contributed by atoms with van der Waals surface area (Å²) in [7, 11) is 0. The van der Waals surface area contributed by atoms with Gasteiger partial charge in [0.05, 0.1) is 0 Å². The van der Waals surface area contributed by atoms with E-state index in [9.17, 15) is 4.79 Å². The Kier molecular flexibility index (Phi) is 6.73. The van der Waals surface area contributed by atoms with Crippen molar-refractivity contribution in [3.8, 4) is 0 Å². The zero-order valence-corrected chi connectivity index (χ0v) is 22.1. The first kappa shape index (κ1) is 25.4. The maximum Gasteiger partial charge on any atom is 0.167 e. The maximum atomic E-state index is 13.5. The number of carbonyl (C=O) groups excluding carboxylic acids is 1. The molecular weight excluding hydrogens is 376 g/mol. The van der Waals surface area contributed by atoms with E-state index in [2.05, 4.69) is 119 Å². The summed E-state index contributed by atoms with van der Waals surface area (Å²) in [5.74, 6) is 0.197. The first-order valence-electron chi connectivity index (χ1n) is 11.6. The van der Waals surface area contributed by atoms with Gasteiger partial charge in [-0.25, -0.2) is 0 Å². The zero-order chi connectivity index (χ0) is 24.0. The van der Waals surface area contributed by atoms with Gasteiger partial charge in [0.15, 0.2) is 5.78 Å². The molecule has 0 amide bonds. The Hall–Kier alpha value is -1.89. The Morgan fingerprint density at radius 2 is 0.806 bits per heavy atom. The molecule has 0 fully saturated rings. The molecule has 0 aliphatic carbocycles. The topological polar surface area (TPSA) is 17.1 Å². The van der Waals surface area contributed by atoms with Crippen LogP contribution in [-0.2, 0) is 28.1 Å². The van der Waals surface area contributed by atoms with Crippen LogP contribution in [0.2, 0.25) is 0 Å². The number of hydrogen-bond acceptors (Lipinski definition) is 1. The van der Waals surface area contributed by atoms with E-state index in [1.54, 1.807) is 0 Å². The van der Waals surface area contributed by atoms with Crippen molar-refractivity contribution in [1.82, 2.24) is 0 Å². The molecular formula is C30H44O. The van der Waals surface area contributed by atoms with Crippen LogP contribution < -0.4 is 0 Å². The lowest BCUT2D eigenvalue weighted by molar-refractivity contribution is 0.0992. The Balaban J connectivity index is 2.54. The molecule has 170 valence electrons. The molecule has 0 radical (unpaired) electrons. The van der Waals surface area contributed by atoms with Gasteiger partial charge >= 0.3 is 0 Å².